The van der Waals surface area contributed by atoms with E-state index in [9.17, 15) is 15.0 Å². The van der Waals surface area contributed by atoms with Gasteiger partial charge in [0, 0.05) is 18.9 Å². The second kappa shape index (κ2) is 6.38. The van der Waals surface area contributed by atoms with Gasteiger partial charge < -0.3 is 14.9 Å². The van der Waals surface area contributed by atoms with E-state index in [1.807, 2.05) is 12.1 Å². The topological polar surface area (TPSA) is 66.8 Å². The van der Waals surface area contributed by atoms with Crippen molar-refractivity contribution >= 4 is 5.97 Å². The number of carbonyl (C=O) groups is 1. The van der Waals surface area contributed by atoms with E-state index in [1.54, 1.807) is 18.2 Å². The third kappa shape index (κ3) is 4.41. The predicted molar refractivity (Wildman–Crippen MR) is 70.7 cm³/mol. The van der Waals surface area contributed by atoms with Crippen LogP contribution in [-0.4, -0.2) is 28.4 Å². The number of aryl methyl sites for hydroxylation is 1. The quantitative estimate of drug-likeness (QED) is 0.796. The molecule has 102 valence electrons. The van der Waals surface area contributed by atoms with Gasteiger partial charge in [-0.1, -0.05) is 18.2 Å². The number of cyclic esters (lactones) is 1. The van der Waals surface area contributed by atoms with Crippen LogP contribution in [-0.2, 0) is 16.0 Å². The van der Waals surface area contributed by atoms with Gasteiger partial charge in [-0.05, 0) is 30.5 Å². The van der Waals surface area contributed by atoms with Crippen LogP contribution >= 0.6 is 0 Å². The third-order valence-electron chi connectivity index (χ3n) is 3.17. The second-order valence-corrected chi connectivity index (χ2v) is 4.79. The van der Waals surface area contributed by atoms with Gasteiger partial charge in [0.25, 0.3) is 0 Å². The first kappa shape index (κ1) is 13.6. The number of phenolic OH excluding ortho intramolecular Hbond substituents is 1. The van der Waals surface area contributed by atoms with Crippen molar-refractivity contribution < 1.29 is 19.7 Å². The number of esters is 1. The molecular weight excluding hydrogens is 244 g/mol. The zero-order valence-corrected chi connectivity index (χ0v) is 10.7. The minimum Gasteiger partial charge on any atom is -0.508 e. The van der Waals surface area contributed by atoms with E-state index in [0.717, 1.165) is 12.0 Å². The summed E-state index contributed by atoms with van der Waals surface area (Å²) < 4.78 is 5.11. The van der Waals surface area contributed by atoms with Gasteiger partial charge in [0.15, 0.2) is 0 Å². The number of carbonyl (C=O) groups excluding carboxylic acids is 1. The number of ether oxygens (including phenoxy) is 1. The molecule has 1 heterocycles. The fourth-order valence-electron chi connectivity index (χ4n) is 2.13. The monoisotopic (exact) mass is 262 g/mol. The number of aliphatic hydroxyl groups excluding tert-OH is 1. The first-order valence-electron chi connectivity index (χ1n) is 6.46. The van der Waals surface area contributed by atoms with Crippen LogP contribution in [0.2, 0.25) is 0 Å². The van der Waals surface area contributed by atoms with Crippen molar-refractivity contribution in [2.24, 2.45) is 0 Å². The lowest BCUT2D eigenvalue weighted by molar-refractivity contribution is -0.145. The summed E-state index contributed by atoms with van der Waals surface area (Å²) in [4.78, 5) is 11.1. The summed E-state index contributed by atoms with van der Waals surface area (Å²) in [7, 11) is 0. The summed E-state index contributed by atoms with van der Waals surface area (Å²) in [5.74, 6) is -0.0906. The highest BCUT2D eigenvalue weighted by molar-refractivity contribution is 5.82. The Morgan fingerprint density at radius 2 is 2.05 bits per heavy atom. The minimum absolute atomic E-state index is 0.215. The SMILES string of the molecule is O=C1C=CCC(CC(O)CCc2ccc(O)cc2)O1. The predicted octanol–water partition coefficient (Wildman–Crippen LogP) is 1.95. The van der Waals surface area contributed by atoms with Crippen molar-refractivity contribution in [3.63, 3.8) is 0 Å². The van der Waals surface area contributed by atoms with Crippen LogP contribution < -0.4 is 0 Å². The molecule has 4 nitrogen and oxygen atoms in total. The maximum atomic E-state index is 11.1. The largest absolute Gasteiger partial charge is 0.508 e. The summed E-state index contributed by atoms with van der Waals surface area (Å²) in [6.45, 7) is 0. The Labute approximate surface area is 112 Å². The molecule has 0 saturated heterocycles. The van der Waals surface area contributed by atoms with Crippen LogP contribution in [0.1, 0.15) is 24.8 Å². The van der Waals surface area contributed by atoms with Crippen molar-refractivity contribution in [2.45, 2.75) is 37.9 Å². The molecule has 2 rings (SSSR count). The van der Waals surface area contributed by atoms with Gasteiger partial charge in [0.1, 0.15) is 11.9 Å². The maximum absolute atomic E-state index is 11.1. The lowest BCUT2D eigenvalue weighted by Gasteiger charge is -2.21. The summed E-state index contributed by atoms with van der Waals surface area (Å²) in [5, 5.41) is 19.1. The number of benzene rings is 1. The molecule has 1 aliphatic rings. The van der Waals surface area contributed by atoms with E-state index in [1.165, 1.54) is 6.08 Å². The first-order chi connectivity index (χ1) is 9.13. The molecule has 0 radical (unpaired) electrons. The number of phenols is 1. The van der Waals surface area contributed by atoms with Gasteiger partial charge in [-0.25, -0.2) is 4.79 Å². The van der Waals surface area contributed by atoms with Gasteiger partial charge >= 0.3 is 5.97 Å². The molecule has 0 fully saturated rings. The molecule has 1 aromatic carbocycles. The van der Waals surface area contributed by atoms with Crippen LogP contribution in [0.5, 0.6) is 5.75 Å². The van der Waals surface area contributed by atoms with Crippen LogP contribution in [0.4, 0.5) is 0 Å². The van der Waals surface area contributed by atoms with Crippen LogP contribution in [0.15, 0.2) is 36.4 Å². The van der Waals surface area contributed by atoms with E-state index in [-0.39, 0.29) is 17.8 Å². The molecule has 2 atom stereocenters. The van der Waals surface area contributed by atoms with Gasteiger partial charge in [0.2, 0.25) is 0 Å². The Bertz CT molecular complexity index is 450. The van der Waals surface area contributed by atoms with E-state index < -0.39 is 6.10 Å². The maximum Gasteiger partial charge on any atom is 0.330 e. The molecule has 19 heavy (non-hydrogen) atoms. The average Bonchev–Trinajstić information content (AvgIpc) is 2.38. The smallest absolute Gasteiger partial charge is 0.330 e. The van der Waals surface area contributed by atoms with Crippen molar-refractivity contribution in [1.29, 1.82) is 0 Å². The van der Waals surface area contributed by atoms with E-state index in [0.29, 0.717) is 19.3 Å². The second-order valence-electron chi connectivity index (χ2n) is 4.79. The summed E-state index contributed by atoms with van der Waals surface area (Å²) in [6, 6.07) is 6.95. The van der Waals surface area contributed by atoms with Gasteiger partial charge in [-0.15, -0.1) is 0 Å². The summed E-state index contributed by atoms with van der Waals surface area (Å²) >= 11 is 0. The number of hydrogen-bond donors (Lipinski definition) is 2. The van der Waals surface area contributed by atoms with Gasteiger partial charge in [0.05, 0.1) is 6.10 Å². The summed E-state index contributed by atoms with van der Waals surface area (Å²) in [6.07, 6.45) is 4.98. The molecule has 0 amide bonds. The minimum atomic E-state index is -0.488. The van der Waals surface area contributed by atoms with Crippen molar-refractivity contribution in [2.75, 3.05) is 0 Å². The highest BCUT2D eigenvalue weighted by Gasteiger charge is 2.19. The van der Waals surface area contributed by atoms with E-state index in [4.69, 9.17) is 4.74 Å². The van der Waals surface area contributed by atoms with Gasteiger partial charge in [-0.3, -0.25) is 0 Å². The van der Waals surface area contributed by atoms with Crippen molar-refractivity contribution in [1.82, 2.24) is 0 Å². The Kier molecular flexibility index (Phi) is 4.58. The highest BCUT2D eigenvalue weighted by Crippen LogP contribution is 2.17. The molecule has 1 aliphatic heterocycles. The van der Waals surface area contributed by atoms with Crippen LogP contribution in [0, 0.1) is 0 Å². The normalized spacial score (nSPS) is 20.1. The average molecular weight is 262 g/mol. The van der Waals surface area contributed by atoms with E-state index in [2.05, 4.69) is 0 Å². The molecule has 0 aromatic heterocycles. The Morgan fingerprint density at radius 1 is 1.32 bits per heavy atom. The summed E-state index contributed by atoms with van der Waals surface area (Å²) in [5.41, 5.74) is 1.07. The molecule has 4 heteroatoms. The van der Waals surface area contributed by atoms with Crippen LogP contribution in [0.3, 0.4) is 0 Å². The van der Waals surface area contributed by atoms with Gasteiger partial charge in [-0.2, -0.15) is 0 Å². The standard InChI is InChI=1S/C15H18O4/c16-12-7-4-11(5-8-12)6-9-13(17)10-14-2-1-3-15(18)19-14/h1,3-5,7-8,13-14,16-17H,2,6,9-10H2. The fourth-order valence-corrected chi connectivity index (χ4v) is 2.13. The number of rotatable bonds is 5. The molecular formula is C15H18O4. The lowest BCUT2D eigenvalue weighted by Crippen LogP contribution is -2.25. The van der Waals surface area contributed by atoms with E-state index >= 15 is 0 Å². The molecule has 0 bridgehead atoms. The molecule has 2 N–H and O–H groups in total. The Hall–Kier alpha value is -1.81. The lowest BCUT2D eigenvalue weighted by atomic mass is 10.0. The molecule has 2 unspecified atom stereocenters. The molecule has 1 aromatic rings. The number of hydrogen-bond acceptors (Lipinski definition) is 4. The Balaban J connectivity index is 1.75. The number of aromatic hydroxyl groups is 1. The number of aliphatic hydroxyl groups is 1. The van der Waals surface area contributed by atoms with Crippen molar-refractivity contribution in [3.8, 4) is 5.75 Å². The fraction of sp³-hybridized carbons (Fsp3) is 0.400. The zero-order valence-electron chi connectivity index (χ0n) is 10.7. The highest BCUT2D eigenvalue weighted by atomic mass is 16.5. The van der Waals surface area contributed by atoms with Crippen molar-refractivity contribution in [3.05, 3.63) is 42.0 Å². The zero-order chi connectivity index (χ0) is 13.7. The Morgan fingerprint density at radius 3 is 2.74 bits per heavy atom. The molecule has 0 saturated carbocycles. The molecule has 0 aliphatic carbocycles. The first-order valence-corrected chi connectivity index (χ1v) is 6.46. The molecule has 0 spiro atoms. The third-order valence-corrected chi connectivity index (χ3v) is 3.17. The van der Waals surface area contributed by atoms with Crippen LogP contribution in [0.25, 0.3) is 0 Å².